The van der Waals surface area contributed by atoms with Gasteiger partial charge in [0.25, 0.3) is 0 Å². The molecule has 0 aromatic heterocycles. The Morgan fingerprint density at radius 3 is 2.03 bits per heavy atom. The number of carbonyl (C=O) groups excluding carboxylic acids is 1. The molecule has 29 heavy (non-hydrogen) atoms. The Balaban J connectivity index is 0.00000225. The van der Waals surface area contributed by atoms with Crippen LogP contribution in [0.4, 0.5) is 0 Å². The Hall–Kier alpha value is -2.24. The molecule has 0 radical (unpaired) electrons. The van der Waals surface area contributed by atoms with Crippen molar-refractivity contribution in [3.8, 4) is 17.2 Å². The molecule has 0 saturated carbocycles. The fraction of sp³-hybridized carbons (Fsp3) is 0.174. The minimum Gasteiger partial charge on any atom is -1.00 e. The Morgan fingerprint density at radius 1 is 0.931 bits per heavy atom. The van der Waals surface area contributed by atoms with Gasteiger partial charge < -0.3 is 15.6 Å². The molecule has 0 aliphatic carbocycles. The van der Waals surface area contributed by atoms with Gasteiger partial charge in [0.15, 0.2) is 6.10 Å². The van der Waals surface area contributed by atoms with Gasteiger partial charge in [0.1, 0.15) is 17.2 Å². The number of Topliss-reactive ketones (excluding diaryl/α,β-unsaturated/α-hetero) is 1. The van der Waals surface area contributed by atoms with Crippen LogP contribution in [0.15, 0.2) is 66.7 Å². The minimum atomic E-state index is -0.784. The van der Waals surface area contributed by atoms with E-state index in [9.17, 15) is 4.79 Å². The quantitative estimate of drug-likeness (QED) is 0.342. The van der Waals surface area contributed by atoms with Crippen LogP contribution in [0.5, 0.6) is 17.2 Å². The number of carbonyl (C=O) groups is 1. The van der Waals surface area contributed by atoms with Gasteiger partial charge in [-0.1, -0.05) is 63.8 Å². The second-order valence-corrected chi connectivity index (χ2v) is 6.90. The van der Waals surface area contributed by atoms with E-state index >= 15 is 0 Å². The number of aryl methyl sites for hydroxylation is 1. The maximum Gasteiger partial charge on any atom is 1.00 e. The molecule has 4 nitrogen and oxygen atoms in total. The zero-order valence-electron chi connectivity index (χ0n) is 18.1. The van der Waals surface area contributed by atoms with Crippen LogP contribution in [-0.2, 0) is 0 Å². The summed E-state index contributed by atoms with van der Waals surface area (Å²) in [7, 11) is 5.76. The van der Waals surface area contributed by atoms with E-state index in [0.29, 0.717) is 22.8 Å². The molecule has 146 valence electrons. The van der Waals surface area contributed by atoms with Crippen LogP contribution in [0.25, 0.3) is 0 Å². The maximum atomic E-state index is 13.3. The standard InChI is InChI=1S/C23H23O4P.Li.H/c1-15-9-7-8-12-18(15)22(21(24)16-10-5-4-6-11-16)27-17-13-19(25-2)23(28)20(14-17)26-3;;/h4-14,22H,28H2,1-3H3;;/q;+1;-1. The topological polar surface area (TPSA) is 44.8 Å². The summed E-state index contributed by atoms with van der Waals surface area (Å²) in [6.45, 7) is 1.97. The second-order valence-electron chi connectivity index (χ2n) is 6.33. The van der Waals surface area contributed by atoms with Crippen LogP contribution in [0.3, 0.4) is 0 Å². The summed E-state index contributed by atoms with van der Waals surface area (Å²) in [4.78, 5) is 13.3. The first-order valence-corrected chi connectivity index (χ1v) is 9.45. The van der Waals surface area contributed by atoms with E-state index in [2.05, 4.69) is 9.24 Å². The largest absolute Gasteiger partial charge is 1.00 e. The third-order valence-electron chi connectivity index (χ3n) is 4.54. The molecule has 2 atom stereocenters. The summed E-state index contributed by atoms with van der Waals surface area (Å²) < 4.78 is 17.1. The van der Waals surface area contributed by atoms with Crippen molar-refractivity contribution in [1.29, 1.82) is 0 Å². The van der Waals surface area contributed by atoms with E-state index < -0.39 is 6.10 Å². The molecule has 0 amide bonds. The number of ether oxygens (including phenoxy) is 3. The van der Waals surface area contributed by atoms with E-state index in [1.165, 1.54) is 0 Å². The van der Waals surface area contributed by atoms with Crippen molar-refractivity contribution >= 4 is 20.3 Å². The number of benzene rings is 3. The van der Waals surface area contributed by atoms with Crippen molar-refractivity contribution in [1.82, 2.24) is 0 Å². The van der Waals surface area contributed by atoms with E-state index in [0.717, 1.165) is 16.4 Å². The Morgan fingerprint density at radius 2 is 1.48 bits per heavy atom. The van der Waals surface area contributed by atoms with Crippen LogP contribution in [0.2, 0.25) is 0 Å². The normalized spacial score (nSPS) is 11.2. The summed E-state index contributed by atoms with van der Waals surface area (Å²) in [5, 5.41) is 0.791. The van der Waals surface area contributed by atoms with Crippen molar-refractivity contribution in [2.45, 2.75) is 13.0 Å². The zero-order chi connectivity index (χ0) is 20.1. The molecule has 3 aromatic rings. The van der Waals surface area contributed by atoms with E-state index in [1.54, 1.807) is 38.5 Å². The van der Waals surface area contributed by atoms with Gasteiger partial charge in [-0.3, -0.25) is 4.79 Å². The number of ketones is 1. The SMILES string of the molecule is COc1cc(OC(C(=O)c2ccccc2)c2ccccc2C)cc(OC)c1P.[H-].[Li+]. The molecule has 3 rings (SSSR count). The van der Waals surface area contributed by atoms with Crippen LogP contribution in [-0.4, -0.2) is 20.0 Å². The van der Waals surface area contributed by atoms with Gasteiger partial charge in [0.2, 0.25) is 5.78 Å². The molecular formula is C23H24LiO4P. The smallest absolute Gasteiger partial charge is 1.00 e. The van der Waals surface area contributed by atoms with Gasteiger partial charge in [0.05, 0.1) is 19.5 Å². The molecule has 0 N–H and O–H groups in total. The van der Waals surface area contributed by atoms with Crippen molar-refractivity contribution in [2.75, 3.05) is 14.2 Å². The van der Waals surface area contributed by atoms with Gasteiger partial charge in [-0.2, -0.15) is 0 Å². The van der Waals surface area contributed by atoms with Crippen molar-refractivity contribution < 1.29 is 39.3 Å². The predicted octanol–water partition coefficient (Wildman–Crippen LogP) is 1.63. The molecule has 2 unspecified atom stereocenters. The predicted molar refractivity (Wildman–Crippen MR) is 115 cm³/mol. The number of methoxy groups -OCH3 is 2. The molecule has 3 aromatic carbocycles. The fourth-order valence-corrected chi connectivity index (χ4v) is 3.41. The molecular weight excluding hydrogens is 378 g/mol. The van der Waals surface area contributed by atoms with E-state index in [1.807, 2.05) is 49.4 Å². The molecule has 6 heteroatoms. The third-order valence-corrected chi connectivity index (χ3v) is 5.11. The maximum absolute atomic E-state index is 13.3. The van der Waals surface area contributed by atoms with Gasteiger partial charge in [-0.15, -0.1) is 0 Å². The summed E-state index contributed by atoms with van der Waals surface area (Å²) in [5.41, 5.74) is 2.40. The van der Waals surface area contributed by atoms with Crippen LogP contribution >= 0.6 is 9.24 Å². The first-order chi connectivity index (χ1) is 13.5. The molecule has 0 heterocycles. The molecule has 0 bridgehead atoms. The van der Waals surface area contributed by atoms with Gasteiger partial charge >= 0.3 is 18.9 Å². The first kappa shape index (κ1) is 23.0. The van der Waals surface area contributed by atoms with Crippen molar-refractivity contribution in [3.63, 3.8) is 0 Å². The molecule has 0 spiro atoms. The Labute approximate surface area is 187 Å². The van der Waals surface area contributed by atoms with Crippen molar-refractivity contribution in [3.05, 3.63) is 83.4 Å². The van der Waals surface area contributed by atoms with Crippen LogP contribution in [0, 0.1) is 6.92 Å². The summed E-state index contributed by atoms with van der Waals surface area (Å²) in [6, 6.07) is 20.4. The molecule has 0 aliphatic heterocycles. The average Bonchev–Trinajstić information content (AvgIpc) is 2.73. The summed E-state index contributed by atoms with van der Waals surface area (Å²) >= 11 is 0. The van der Waals surface area contributed by atoms with E-state index in [4.69, 9.17) is 14.2 Å². The molecule has 0 aliphatic rings. The van der Waals surface area contributed by atoms with E-state index in [-0.39, 0.29) is 26.1 Å². The monoisotopic (exact) mass is 402 g/mol. The third kappa shape index (κ3) is 5.22. The molecule has 0 fully saturated rings. The van der Waals surface area contributed by atoms with Crippen LogP contribution in [0.1, 0.15) is 29.0 Å². The first-order valence-electron chi connectivity index (χ1n) is 8.88. The molecule has 0 saturated heterocycles. The zero-order valence-corrected chi connectivity index (χ0v) is 18.3. The second kappa shape index (κ2) is 10.5. The van der Waals surface area contributed by atoms with Gasteiger partial charge in [-0.05, 0) is 12.5 Å². The Kier molecular flexibility index (Phi) is 8.35. The minimum absolute atomic E-state index is 0. The fourth-order valence-electron chi connectivity index (χ4n) is 3.01. The van der Waals surface area contributed by atoms with Gasteiger partial charge in [-0.25, -0.2) is 0 Å². The van der Waals surface area contributed by atoms with Gasteiger partial charge in [0, 0.05) is 23.3 Å². The summed E-state index contributed by atoms with van der Waals surface area (Å²) in [5.74, 6) is 1.60. The van der Waals surface area contributed by atoms with Crippen LogP contribution < -0.4 is 38.4 Å². The van der Waals surface area contributed by atoms with Crippen molar-refractivity contribution in [2.24, 2.45) is 0 Å². The average molecular weight is 402 g/mol. The number of hydrogen-bond acceptors (Lipinski definition) is 4. The summed E-state index contributed by atoms with van der Waals surface area (Å²) in [6.07, 6.45) is -0.784. The number of rotatable bonds is 7. The Bertz CT molecular complexity index is 957. The number of hydrogen-bond donors (Lipinski definition) is 0.